The van der Waals surface area contributed by atoms with Crippen molar-refractivity contribution in [3.63, 3.8) is 0 Å². The summed E-state index contributed by atoms with van der Waals surface area (Å²) in [6.07, 6.45) is 11.5. The van der Waals surface area contributed by atoms with Gasteiger partial charge in [0.05, 0.1) is 6.20 Å². The van der Waals surface area contributed by atoms with E-state index < -0.39 is 11.9 Å². The molecule has 23 heavy (non-hydrogen) atoms. The van der Waals surface area contributed by atoms with Crippen LogP contribution in [-0.2, 0) is 14.3 Å². The summed E-state index contributed by atoms with van der Waals surface area (Å²) in [5.74, 6) is -0.198. The normalized spacial score (nSPS) is 21.0. The largest absolute Gasteiger partial charge is 0.478 e. The summed E-state index contributed by atoms with van der Waals surface area (Å²) in [7, 11) is 0. The molecule has 1 atom stereocenters. The molecule has 5 nitrogen and oxygen atoms in total. The fourth-order valence-corrected chi connectivity index (χ4v) is 2.74. The van der Waals surface area contributed by atoms with Crippen LogP contribution in [0.2, 0.25) is 0 Å². The minimum atomic E-state index is -1.16. The van der Waals surface area contributed by atoms with E-state index in [1.165, 1.54) is 17.4 Å². The zero-order valence-corrected chi connectivity index (χ0v) is 13.5. The smallest absolute Gasteiger partial charge is 0.328 e. The Balaban J connectivity index is 2.30. The lowest BCUT2D eigenvalue weighted by Crippen LogP contribution is -2.24. The van der Waals surface area contributed by atoms with Gasteiger partial charge in [0, 0.05) is 23.9 Å². The summed E-state index contributed by atoms with van der Waals surface area (Å²) >= 11 is 0. The summed E-state index contributed by atoms with van der Waals surface area (Å²) in [5.41, 5.74) is 2.21. The van der Waals surface area contributed by atoms with Crippen molar-refractivity contribution in [1.29, 1.82) is 0 Å². The van der Waals surface area contributed by atoms with E-state index in [0.29, 0.717) is 17.6 Å². The van der Waals surface area contributed by atoms with E-state index in [0.717, 1.165) is 29.7 Å². The average molecular weight is 315 g/mol. The van der Waals surface area contributed by atoms with Crippen LogP contribution < -0.4 is 0 Å². The van der Waals surface area contributed by atoms with E-state index in [1.807, 2.05) is 6.92 Å². The molecule has 0 aromatic rings. The van der Waals surface area contributed by atoms with Crippen molar-refractivity contribution in [2.75, 3.05) is 0 Å². The molecule has 1 aliphatic carbocycles. The van der Waals surface area contributed by atoms with E-state index in [9.17, 15) is 9.59 Å². The van der Waals surface area contributed by atoms with Gasteiger partial charge in [-0.1, -0.05) is 26.0 Å². The molecule has 1 aliphatic heterocycles. The zero-order chi connectivity index (χ0) is 17.0. The van der Waals surface area contributed by atoms with Crippen LogP contribution in [0, 0.1) is 11.8 Å². The molecule has 0 aromatic heterocycles. The maximum absolute atomic E-state index is 12.0. The predicted molar refractivity (Wildman–Crippen MR) is 86.7 cm³/mol. The van der Waals surface area contributed by atoms with Crippen LogP contribution in [0.3, 0.4) is 0 Å². The summed E-state index contributed by atoms with van der Waals surface area (Å²) < 4.78 is 5.63. The van der Waals surface area contributed by atoms with Crippen LogP contribution in [0.5, 0.6) is 0 Å². The number of nitrogens with zero attached hydrogens (tertiary/aromatic N) is 1. The first-order chi connectivity index (χ1) is 10.9. The molecule has 1 amide bonds. The first kappa shape index (κ1) is 16.8. The lowest BCUT2D eigenvalue weighted by Gasteiger charge is -2.30. The summed E-state index contributed by atoms with van der Waals surface area (Å²) in [5, 5.41) is 8.62. The van der Waals surface area contributed by atoms with Gasteiger partial charge in [0.1, 0.15) is 12.0 Å². The fourth-order valence-electron chi connectivity index (χ4n) is 2.74. The zero-order valence-electron chi connectivity index (χ0n) is 13.5. The lowest BCUT2D eigenvalue weighted by atomic mass is 9.79. The number of allylic oxidation sites excluding steroid dienone is 4. The number of aliphatic carboxylic acids is 1. The molecule has 0 aromatic carbocycles. The van der Waals surface area contributed by atoms with Crippen molar-refractivity contribution >= 4 is 11.9 Å². The third kappa shape index (κ3) is 4.00. The molecular weight excluding hydrogens is 294 g/mol. The summed E-state index contributed by atoms with van der Waals surface area (Å²) in [4.78, 5) is 23.9. The van der Waals surface area contributed by atoms with Crippen molar-refractivity contribution in [2.45, 2.75) is 27.2 Å². The number of hydrogen-bond acceptors (Lipinski definition) is 3. The van der Waals surface area contributed by atoms with Gasteiger partial charge >= 0.3 is 5.97 Å². The Labute approximate surface area is 135 Å². The third-order valence-corrected chi connectivity index (χ3v) is 3.92. The summed E-state index contributed by atoms with van der Waals surface area (Å²) in [6.45, 7) is 6.35. The topological polar surface area (TPSA) is 66.8 Å². The molecule has 1 N–H and O–H groups in total. The molecule has 0 saturated carbocycles. The molecule has 1 heterocycles. The van der Waals surface area contributed by atoms with Gasteiger partial charge in [-0.3, -0.25) is 9.69 Å². The standard InChI is InChI=1S/C18H21NO4/c1-12(2)14-6-4-5-13(3)18(14)15-11-19(9-10-23-15)16(20)7-8-17(21)22/h4-5,7-12,14H,6H2,1-3H3,(H,21,22)/b8-7+. The predicted octanol–water partition coefficient (Wildman–Crippen LogP) is 3.35. The number of rotatable bonds is 4. The molecule has 0 bridgehead atoms. The monoisotopic (exact) mass is 315 g/mol. The van der Waals surface area contributed by atoms with Gasteiger partial charge < -0.3 is 9.84 Å². The van der Waals surface area contributed by atoms with Gasteiger partial charge in [0.2, 0.25) is 0 Å². The van der Waals surface area contributed by atoms with Gasteiger partial charge in [-0.25, -0.2) is 4.79 Å². The second kappa shape index (κ2) is 7.13. The number of carbonyl (C=O) groups is 2. The highest BCUT2D eigenvalue weighted by molar-refractivity contribution is 5.95. The molecule has 2 rings (SSSR count). The molecule has 5 heteroatoms. The Morgan fingerprint density at radius 3 is 2.78 bits per heavy atom. The van der Waals surface area contributed by atoms with Gasteiger partial charge in [-0.15, -0.1) is 0 Å². The molecule has 0 radical (unpaired) electrons. The highest BCUT2D eigenvalue weighted by Crippen LogP contribution is 2.37. The quantitative estimate of drug-likeness (QED) is 0.808. The van der Waals surface area contributed by atoms with Gasteiger partial charge in [0.15, 0.2) is 0 Å². The lowest BCUT2D eigenvalue weighted by molar-refractivity contribution is -0.132. The molecule has 0 fully saturated rings. The number of carbonyl (C=O) groups excluding carboxylic acids is 1. The second-order valence-corrected chi connectivity index (χ2v) is 5.90. The molecule has 0 saturated heterocycles. The van der Waals surface area contributed by atoms with Crippen LogP contribution in [0.1, 0.15) is 27.2 Å². The Kier molecular flexibility index (Phi) is 5.21. The molecule has 2 aliphatic rings. The fraction of sp³-hybridized carbons (Fsp3) is 0.333. The molecule has 0 spiro atoms. The van der Waals surface area contributed by atoms with E-state index in [2.05, 4.69) is 26.0 Å². The highest BCUT2D eigenvalue weighted by Gasteiger charge is 2.27. The van der Waals surface area contributed by atoms with E-state index in [-0.39, 0.29) is 0 Å². The van der Waals surface area contributed by atoms with Crippen molar-refractivity contribution in [2.24, 2.45) is 11.8 Å². The molecule has 1 unspecified atom stereocenters. The molecular formula is C18H21NO4. The first-order valence-corrected chi connectivity index (χ1v) is 7.56. The minimum absolute atomic E-state index is 0.323. The first-order valence-electron chi connectivity index (χ1n) is 7.56. The Hall–Kier alpha value is -2.56. The van der Waals surface area contributed by atoms with Crippen LogP contribution in [0.15, 0.2) is 59.9 Å². The highest BCUT2D eigenvalue weighted by atomic mass is 16.5. The van der Waals surface area contributed by atoms with E-state index in [1.54, 1.807) is 6.20 Å². The van der Waals surface area contributed by atoms with Crippen LogP contribution in [-0.4, -0.2) is 21.9 Å². The van der Waals surface area contributed by atoms with Crippen LogP contribution in [0.25, 0.3) is 0 Å². The van der Waals surface area contributed by atoms with Crippen molar-refractivity contribution in [3.8, 4) is 0 Å². The Morgan fingerprint density at radius 2 is 2.13 bits per heavy atom. The number of carboxylic acid groups (broad SMARTS) is 1. The third-order valence-electron chi connectivity index (χ3n) is 3.92. The number of amides is 1. The van der Waals surface area contributed by atoms with E-state index >= 15 is 0 Å². The molecule has 122 valence electrons. The van der Waals surface area contributed by atoms with Crippen LogP contribution >= 0.6 is 0 Å². The summed E-state index contributed by atoms with van der Waals surface area (Å²) in [6, 6.07) is 0. The van der Waals surface area contributed by atoms with Crippen LogP contribution in [0.4, 0.5) is 0 Å². The number of carboxylic acids is 1. The number of hydrogen-bond donors (Lipinski definition) is 1. The van der Waals surface area contributed by atoms with E-state index in [4.69, 9.17) is 9.84 Å². The van der Waals surface area contributed by atoms with Crippen molar-refractivity contribution in [1.82, 2.24) is 4.90 Å². The van der Waals surface area contributed by atoms with Gasteiger partial charge in [-0.2, -0.15) is 0 Å². The second-order valence-electron chi connectivity index (χ2n) is 5.90. The Bertz CT molecular complexity index is 650. The Morgan fingerprint density at radius 1 is 1.39 bits per heavy atom. The van der Waals surface area contributed by atoms with Gasteiger partial charge in [-0.05, 0) is 30.8 Å². The van der Waals surface area contributed by atoms with Gasteiger partial charge in [0.25, 0.3) is 5.91 Å². The number of ether oxygens (including phenoxy) is 1. The average Bonchev–Trinajstić information content (AvgIpc) is 2.52. The minimum Gasteiger partial charge on any atom is -0.478 e. The van der Waals surface area contributed by atoms with Crippen molar-refractivity contribution in [3.05, 3.63) is 59.9 Å². The SMILES string of the molecule is CC1=C(C2=CN(C(=O)/C=C/C(=O)O)C=CO2)C(C(C)C)CC=C1. The maximum Gasteiger partial charge on any atom is 0.328 e. The maximum atomic E-state index is 12.0. The van der Waals surface area contributed by atoms with Crippen molar-refractivity contribution < 1.29 is 19.4 Å².